The topological polar surface area (TPSA) is 22.3 Å². The first kappa shape index (κ1) is 169. The number of hydrogen-bond donors (Lipinski definition) is 0. The monoisotopic (exact) mass is 377 g/mol. The summed E-state index contributed by atoms with van der Waals surface area (Å²) in [5, 5.41) is 0. The summed E-state index contributed by atoms with van der Waals surface area (Å²) in [7, 11) is 0. The molecule has 0 heterocycles. The molecule has 0 aliphatic heterocycles. The van der Waals surface area contributed by atoms with Crippen molar-refractivity contribution in [2.45, 2.75) is 59.4 Å². The van der Waals surface area contributed by atoms with Crippen LogP contribution in [0, 0.1) is 0 Å². The van der Waals surface area contributed by atoms with E-state index >= 15 is 0 Å². The van der Waals surface area contributed by atoms with E-state index in [1.165, 1.54) is 0 Å². The van der Waals surface area contributed by atoms with Gasteiger partial charge in [0.15, 0.2) is 0 Å². The third-order valence-corrected chi connectivity index (χ3v) is 0. The van der Waals surface area contributed by atoms with Crippen LogP contribution in [0.15, 0.2) is 0 Å². The van der Waals surface area contributed by atoms with Crippen LogP contribution in [0.3, 0.4) is 0 Å². The molecule has 0 spiro atoms. The molecule has 0 atom stereocenters. The average molecular weight is 377 g/mol. The Balaban J connectivity index is -0.000000000556. The molecule has 0 unspecified atom stereocenters. The van der Waals surface area contributed by atoms with Crippen molar-refractivity contribution in [1.29, 1.82) is 0 Å². The molecule has 0 saturated carbocycles. The molecule has 1 radical (unpaired) electrons. The summed E-state index contributed by atoms with van der Waals surface area (Å²) in [5.41, 5.74) is 0. The molecular weight excluding hydrogens is 345 g/mol. The Bertz CT molecular complexity index is 26.5. The van der Waals surface area contributed by atoms with E-state index in [-0.39, 0.29) is 92.1 Å². The molecule has 87 valence electrons. The second-order valence-corrected chi connectivity index (χ2v) is 0.429. The van der Waals surface area contributed by atoms with Gasteiger partial charge in [-0.15, -0.1) is 0 Å². The summed E-state index contributed by atoms with van der Waals surface area (Å²) in [6, 6.07) is 0. The van der Waals surface area contributed by atoms with Gasteiger partial charge in [-0.05, 0) is 21.6 Å². The Morgan fingerprint density at radius 1 is 0.667 bits per heavy atom. The van der Waals surface area contributed by atoms with Crippen LogP contribution in [0.1, 0.15) is 59.4 Å². The molecule has 0 aromatic heterocycles. The normalized spacial score (nSPS) is 1.42. The summed E-state index contributed by atoms with van der Waals surface area (Å²) < 4.78 is 17.0. The van der Waals surface area contributed by atoms with Crippen molar-refractivity contribution in [2.24, 2.45) is 0 Å². The van der Waals surface area contributed by atoms with Gasteiger partial charge in [-0.2, -0.15) is 0 Å². The van der Waals surface area contributed by atoms with Crippen LogP contribution >= 0.6 is 21.6 Å². The molecule has 0 bridgehead atoms. The first-order valence-electron chi connectivity index (χ1n) is 0.312. The van der Waals surface area contributed by atoms with Gasteiger partial charge in [-0.1, -0.05) is 59.4 Å². The van der Waals surface area contributed by atoms with Gasteiger partial charge in [-0.25, -0.2) is 2.86 Å². The molecule has 4 heteroatoms. The number of hydrogen-bond acceptors (Lipinski definition) is 0. The molecule has 0 saturated heterocycles. The van der Waals surface area contributed by atoms with E-state index in [9.17, 15) is 2.86 Å². The van der Waals surface area contributed by atoms with Gasteiger partial charge in [0.2, 0.25) is 0 Å². The molecule has 12 heavy (non-hydrogen) atoms. The van der Waals surface area contributed by atoms with Crippen LogP contribution in [0.25, 0.3) is 3.56 Å². The zero-order valence-corrected chi connectivity index (χ0v) is 6.78. The van der Waals surface area contributed by atoms with E-state index in [1.54, 1.807) is 0 Å². The molecule has 0 aromatic rings. The van der Waals surface area contributed by atoms with E-state index in [1.807, 2.05) is 0 Å². The van der Waals surface area contributed by atoms with Crippen LogP contribution < -0.4 is 0 Å². The SMILES string of the molecule is C.C.C.C.C.C.C.C.[N-]=IF.[Y]. The molecule has 1 nitrogen and oxygen atoms in total. The molecule has 0 aromatic carbocycles. The minimum atomic E-state index is -1.91. The molecule has 0 fully saturated rings. The van der Waals surface area contributed by atoms with Crippen LogP contribution in [-0.4, -0.2) is 0 Å². The molecule has 0 aliphatic rings. The van der Waals surface area contributed by atoms with E-state index in [2.05, 4.69) is 0 Å². The maximum Gasteiger partial charge on any atom is 0 e. The van der Waals surface area contributed by atoms with Crippen molar-refractivity contribution >= 4 is 21.6 Å². The van der Waals surface area contributed by atoms with Gasteiger partial charge in [0, 0.05) is 32.7 Å². The summed E-state index contributed by atoms with van der Waals surface area (Å²) in [5.74, 6) is 0. The van der Waals surface area contributed by atoms with Gasteiger partial charge in [0.1, 0.15) is 0 Å². The minimum Gasteiger partial charge on any atom is -0.746 e. The van der Waals surface area contributed by atoms with Crippen molar-refractivity contribution in [3.8, 4) is 0 Å². The molecule has 0 N–H and O–H groups in total. The van der Waals surface area contributed by atoms with E-state index < -0.39 is 21.6 Å². The summed E-state index contributed by atoms with van der Waals surface area (Å²) in [4.78, 5) is 0. The van der Waals surface area contributed by atoms with Crippen molar-refractivity contribution in [2.75, 3.05) is 0 Å². The Morgan fingerprint density at radius 3 is 0.667 bits per heavy atom. The predicted molar refractivity (Wildman–Crippen MR) is 72.3 cm³/mol. The smallest absolute Gasteiger partial charge is 0 e. The van der Waals surface area contributed by atoms with Gasteiger partial charge in [0.25, 0.3) is 0 Å². The van der Waals surface area contributed by atoms with Gasteiger partial charge in [0.05, 0.1) is 0 Å². The second kappa shape index (κ2) is 256. The van der Waals surface area contributed by atoms with Crippen molar-refractivity contribution in [1.82, 2.24) is 0 Å². The predicted octanol–water partition coefficient (Wildman–Crippen LogP) is 6.68. The summed E-state index contributed by atoms with van der Waals surface area (Å²) in [6.45, 7) is 0. The quantitative estimate of drug-likeness (QED) is 0.420. The largest absolute Gasteiger partial charge is 0.746 e. The fourth-order valence-electron chi connectivity index (χ4n) is 0. The van der Waals surface area contributed by atoms with Crippen LogP contribution in [0.4, 0.5) is 2.86 Å². The van der Waals surface area contributed by atoms with E-state index in [0.717, 1.165) is 0 Å². The van der Waals surface area contributed by atoms with Crippen molar-refractivity contribution in [3.05, 3.63) is 3.56 Å². The maximum atomic E-state index is 9.96. The Morgan fingerprint density at radius 2 is 0.667 bits per heavy atom. The zero-order valence-electron chi connectivity index (χ0n) is 1.78. The molecule has 0 rings (SSSR count). The second-order valence-electron chi connectivity index (χ2n) is 0.0639. The standard InChI is InChI=1S/8CH4.FIN.Y/c;;;;;;;;1-2-3;/h8*1H4;;/q;;;;;;;;-1;. The number of rotatable bonds is 0. The van der Waals surface area contributed by atoms with Crippen LogP contribution in [-0.2, 0) is 32.7 Å². The molecule has 0 aliphatic carbocycles. The fraction of sp³-hybridized carbons (Fsp3) is 1.00. The summed E-state index contributed by atoms with van der Waals surface area (Å²) >= 11 is -1.91. The molecule has 0 amide bonds. The zero-order chi connectivity index (χ0) is 2.71. The van der Waals surface area contributed by atoms with Crippen molar-refractivity contribution < 1.29 is 35.6 Å². The first-order chi connectivity index (χ1) is 1.41. The summed E-state index contributed by atoms with van der Waals surface area (Å²) in [6.07, 6.45) is 0. The van der Waals surface area contributed by atoms with Gasteiger partial charge in [-0.3, -0.25) is 0 Å². The number of halogens is 2. The van der Waals surface area contributed by atoms with Gasteiger partial charge >= 0.3 is 0 Å². The van der Waals surface area contributed by atoms with Crippen LogP contribution in [0.5, 0.6) is 0 Å². The first-order valence-corrected chi connectivity index (χ1v) is 2.09. The Kier molecular flexibility index (Phi) is 3590. The third-order valence-electron chi connectivity index (χ3n) is 0. The Hall–Kier alpha value is 1.56. The van der Waals surface area contributed by atoms with Crippen molar-refractivity contribution in [3.63, 3.8) is 0 Å². The van der Waals surface area contributed by atoms with Gasteiger partial charge < -0.3 is 3.56 Å². The maximum absolute atomic E-state index is 9.96. The van der Waals surface area contributed by atoms with Crippen LogP contribution in [0.2, 0.25) is 0 Å². The Labute approximate surface area is 119 Å². The van der Waals surface area contributed by atoms with E-state index in [4.69, 9.17) is 3.56 Å². The van der Waals surface area contributed by atoms with E-state index in [0.29, 0.717) is 0 Å². The average Bonchev–Trinajstić information content (AvgIpc) is 0.918. The third kappa shape index (κ3) is 528. The molecular formula is C8H32FINY-. The fourth-order valence-corrected chi connectivity index (χ4v) is 0. The minimum absolute atomic E-state index is 0. The number of nitrogens with zero attached hydrogens (tertiary/aromatic N) is 1.